The predicted octanol–water partition coefficient (Wildman–Crippen LogP) is 3.33. The van der Waals surface area contributed by atoms with Gasteiger partial charge in [-0.05, 0) is 42.5 Å². The number of alkyl halides is 3. The predicted molar refractivity (Wildman–Crippen MR) is 86.4 cm³/mol. The molecule has 5 nitrogen and oxygen atoms in total. The molecule has 1 amide bonds. The van der Waals surface area contributed by atoms with E-state index in [9.17, 15) is 23.1 Å². The van der Waals surface area contributed by atoms with Gasteiger partial charge in [-0.1, -0.05) is 0 Å². The number of β-amino-alcohol motifs (C(OH)–C–C–N with tert-alkyl or cyclic N) is 1. The topological polar surface area (TPSA) is 66.6 Å². The highest BCUT2D eigenvalue weighted by molar-refractivity contribution is 5.97. The third-order valence-corrected chi connectivity index (χ3v) is 4.24. The maximum absolute atomic E-state index is 12.6. The Hall–Kier alpha value is -2.87. The Labute approximate surface area is 145 Å². The second kappa shape index (κ2) is 5.84. The third kappa shape index (κ3) is 2.92. The van der Waals surface area contributed by atoms with E-state index in [0.717, 1.165) is 12.1 Å². The zero-order valence-corrected chi connectivity index (χ0v) is 13.3. The van der Waals surface area contributed by atoms with Gasteiger partial charge in [-0.15, -0.1) is 0 Å². The summed E-state index contributed by atoms with van der Waals surface area (Å²) in [4.78, 5) is 18.1. The van der Waals surface area contributed by atoms with E-state index < -0.39 is 17.8 Å². The van der Waals surface area contributed by atoms with E-state index in [0.29, 0.717) is 35.3 Å². The van der Waals surface area contributed by atoms with Crippen molar-refractivity contribution in [1.29, 1.82) is 0 Å². The number of hydrogen-bond donors (Lipinski definition) is 1. The molecule has 2 heterocycles. The van der Waals surface area contributed by atoms with E-state index in [-0.39, 0.29) is 11.8 Å². The number of carbonyl (C=O) groups excluding carboxylic acids is 1. The number of amides is 1. The number of fused-ring (bicyclic) bond motifs is 1. The number of carbonyl (C=O) groups is 1. The Morgan fingerprint density at radius 2 is 1.85 bits per heavy atom. The summed E-state index contributed by atoms with van der Waals surface area (Å²) in [6.45, 7) is 0.596. The van der Waals surface area contributed by atoms with Crippen molar-refractivity contribution in [1.82, 2.24) is 9.88 Å². The minimum atomic E-state index is -4.40. The standard InChI is InChI=1S/C18H13F3N2O3/c19-18(20,21)12-4-1-10(2-5-12)16-22-14-7-11(3-6-15(14)26-16)17(25)23-8-13(24)9-23/h1-7,13,24H,8-9H2. The summed E-state index contributed by atoms with van der Waals surface area (Å²) in [6.07, 6.45) is -4.89. The summed E-state index contributed by atoms with van der Waals surface area (Å²) in [6, 6.07) is 9.28. The smallest absolute Gasteiger partial charge is 0.416 e. The summed E-state index contributed by atoms with van der Waals surface area (Å²) in [7, 11) is 0. The molecule has 1 fully saturated rings. The van der Waals surface area contributed by atoms with Gasteiger partial charge < -0.3 is 14.4 Å². The summed E-state index contributed by atoms with van der Waals surface area (Å²) in [5.41, 5.74) is 0.943. The van der Waals surface area contributed by atoms with Gasteiger partial charge in [0, 0.05) is 24.2 Å². The molecule has 2 aromatic carbocycles. The fourth-order valence-electron chi connectivity index (χ4n) is 2.79. The maximum atomic E-state index is 12.6. The van der Waals surface area contributed by atoms with Gasteiger partial charge in [0.2, 0.25) is 5.89 Å². The van der Waals surface area contributed by atoms with Crippen LogP contribution in [0.4, 0.5) is 13.2 Å². The molecule has 8 heteroatoms. The van der Waals surface area contributed by atoms with Crippen LogP contribution >= 0.6 is 0 Å². The molecule has 1 aromatic heterocycles. The number of likely N-dealkylation sites (tertiary alicyclic amines) is 1. The number of hydrogen-bond acceptors (Lipinski definition) is 4. The molecule has 3 aromatic rings. The highest BCUT2D eigenvalue weighted by atomic mass is 19.4. The molecule has 1 aliphatic heterocycles. The molecule has 26 heavy (non-hydrogen) atoms. The SMILES string of the molecule is O=C(c1ccc2oc(-c3ccc(C(F)(F)F)cc3)nc2c1)N1CC(O)C1. The summed E-state index contributed by atoms with van der Waals surface area (Å²) in [5.74, 6) is -0.0334. The Morgan fingerprint density at radius 3 is 2.46 bits per heavy atom. The molecule has 1 saturated heterocycles. The van der Waals surface area contributed by atoms with Crippen molar-refractivity contribution in [3.05, 3.63) is 53.6 Å². The van der Waals surface area contributed by atoms with E-state index >= 15 is 0 Å². The number of aromatic nitrogens is 1. The Bertz CT molecular complexity index is 974. The molecule has 0 bridgehead atoms. The number of nitrogens with zero attached hydrogens (tertiary/aromatic N) is 2. The lowest BCUT2D eigenvalue weighted by Gasteiger charge is -2.35. The van der Waals surface area contributed by atoms with E-state index in [1.54, 1.807) is 18.2 Å². The molecule has 4 rings (SSSR count). The van der Waals surface area contributed by atoms with Gasteiger partial charge >= 0.3 is 6.18 Å². The van der Waals surface area contributed by atoms with Crippen molar-refractivity contribution in [3.63, 3.8) is 0 Å². The van der Waals surface area contributed by atoms with Crippen molar-refractivity contribution in [2.75, 3.05) is 13.1 Å². The molecular formula is C18H13F3N2O3. The average molecular weight is 362 g/mol. The van der Waals surface area contributed by atoms with Crippen LogP contribution in [-0.4, -0.2) is 40.1 Å². The first-order valence-corrected chi connectivity index (χ1v) is 7.87. The number of oxazole rings is 1. The van der Waals surface area contributed by atoms with Crippen LogP contribution in [0.2, 0.25) is 0 Å². The highest BCUT2D eigenvalue weighted by Crippen LogP contribution is 2.31. The van der Waals surface area contributed by atoms with Crippen molar-refractivity contribution in [3.8, 4) is 11.5 Å². The van der Waals surface area contributed by atoms with Gasteiger partial charge in [0.25, 0.3) is 5.91 Å². The van der Waals surface area contributed by atoms with E-state index in [4.69, 9.17) is 4.42 Å². The summed E-state index contributed by atoms with van der Waals surface area (Å²) < 4.78 is 43.5. The zero-order valence-electron chi connectivity index (χ0n) is 13.3. The van der Waals surface area contributed by atoms with Crippen molar-refractivity contribution in [2.24, 2.45) is 0 Å². The van der Waals surface area contributed by atoms with Crippen LogP contribution in [0.3, 0.4) is 0 Å². The monoisotopic (exact) mass is 362 g/mol. The summed E-state index contributed by atoms with van der Waals surface area (Å²) in [5, 5.41) is 9.29. The fourth-order valence-corrected chi connectivity index (χ4v) is 2.79. The minimum Gasteiger partial charge on any atom is -0.436 e. The van der Waals surface area contributed by atoms with Crippen LogP contribution in [0.5, 0.6) is 0 Å². The minimum absolute atomic E-state index is 0.178. The maximum Gasteiger partial charge on any atom is 0.416 e. The summed E-state index contributed by atoms with van der Waals surface area (Å²) >= 11 is 0. The molecule has 0 aliphatic carbocycles. The second-order valence-electron chi connectivity index (χ2n) is 6.14. The first-order chi connectivity index (χ1) is 12.3. The normalized spacial score (nSPS) is 15.3. The molecule has 0 radical (unpaired) electrons. The van der Waals surface area contributed by atoms with Gasteiger partial charge in [0.15, 0.2) is 5.58 Å². The lowest BCUT2D eigenvalue weighted by Crippen LogP contribution is -2.53. The molecule has 0 saturated carbocycles. The Morgan fingerprint density at radius 1 is 1.15 bits per heavy atom. The molecular weight excluding hydrogens is 349 g/mol. The van der Waals surface area contributed by atoms with Gasteiger partial charge in [0.05, 0.1) is 11.7 Å². The lowest BCUT2D eigenvalue weighted by molar-refractivity contribution is -0.137. The molecule has 0 unspecified atom stereocenters. The number of benzene rings is 2. The van der Waals surface area contributed by atoms with E-state index in [1.165, 1.54) is 17.0 Å². The lowest BCUT2D eigenvalue weighted by atomic mass is 10.1. The van der Waals surface area contributed by atoms with Gasteiger partial charge in [-0.25, -0.2) is 4.98 Å². The Kier molecular flexibility index (Phi) is 3.73. The molecule has 1 aliphatic rings. The van der Waals surface area contributed by atoms with Crippen molar-refractivity contribution in [2.45, 2.75) is 12.3 Å². The first-order valence-electron chi connectivity index (χ1n) is 7.87. The average Bonchev–Trinajstić information content (AvgIpc) is 3.01. The molecule has 0 spiro atoms. The number of aliphatic hydroxyl groups excluding tert-OH is 1. The quantitative estimate of drug-likeness (QED) is 0.759. The highest BCUT2D eigenvalue weighted by Gasteiger charge is 2.31. The molecule has 134 valence electrons. The first kappa shape index (κ1) is 16.6. The number of halogens is 3. The molecule has 1 N–H and O–H groups in total. The van der Waals surface area contributed by atoms with Crippen molar-refractivity contribution >= 4 is 17.0 Å². The van der Waals surface area contributed by atoms with Crippen LogP contribution in [0.1, 0.15) is 15.9 Å². The number of aliphatic hydroxyl groups is 1. The third-order valence-electron chi connectivity index (χ3n) is 4.24. The number of rotatable bonds is 2. The van der Waals surface area contributed by atoms with E-state index in [1.807, 2.05) is 0 Å². The van der Waals surface area contributed by atoms with Gasteiger partial charge in [0.1, 0.15) is 5.52 Å². The van der Waals surface area contributed by atoms with Gasteiger partial charge in [-0.2, -0.15) is 13.2 Å². The largest absolute Gasteiger partial charge is 0.436 e. The molecule has 0 atom stereocenters. The van der Waals surface area contributed by atoms with Crippen LogP contribution in [0.25, 0.3) is 22.6 Å². The van der Waals surface area contributed by atoms with Crippen LogP contribution in [-0.2, 0) is 6.18 Å². The van der Waals surface area contributed by atoms with Crippen LogP contribution in [0.15, 0.2) is 46.9 Å². The van der Waals surface area contributed by atoms with Crippen molar-refractivity contribution < 1.29 is 27.5 Å². The van der Waals surface area contributed by atoms with E-state index in [2.05, 4.69) is 4.98 Å². The van der Waals surface area contributed by atoms with Crippen LogP contribution < -0.4 is 0 Å². The Balaban J connectivity index is 1.62. The van der Waals surface area contributed by atoms with Crippen LogP contribution in [0, 0.1) is 0 Å². The second-order valence-corrected chi connectivity index (χ2v) is 6.14. The zero-order chi connectivity index (χ0) is 18.5. The van der Waals surface area contributed by atoms with Gasteiger partial charge in [-0.3, -0.25) is 4.79 Å². The fraction of sp³-hybridized carbons (Fsp3) is 0.222.